The zero-order valence-corrected chi connectivity index (χ0v) is 11.3. The van der Waals surface area contributed by atoms with Gasteiger partial charge in [-0.15, -0.1) is 0 Å². The molecule has 0 saturated heterocycles. The highest BCUT2D eigenvalue weighted by Gasteiger charge is 2.14. The Balaban J connectivity index is 1.86. The number of furan rings is 1. The highest BCUT2D eigenvalue weighted by Crippen LogP contribution is 2.23. The van der Waals surface area contributed by atoms with E-state index < -0.39 is 0 Å². The minimum atomic E-state index is -0.340. The number of nitrogens with two attached hydrogens (primary N) is 1. The fraction of sp³-hybridized carbons (Fsp3) is 0.267. The average molecular weight is 271 g/mol. The van der Waals surface area contributed by atoms with Gasteiger partial charge in [0.05, 0.1) is 6.04 Å². The van der Waals surface area contributed by atoms with Crippen LogP contribution in [0.5, 0.6) is 0 Å². The van der Waals surface area contributed by atoms with Gasteiger partial charge in [-0.1, -0.05) is 18.2 Å². The Kier molecular flexibility index (Phi) is 3.20. The van der Waals surface area contributed by atoms with Gasteiger partial charge in [-0.25, -0.2) is 4.79 Å². The Labute approximate surface area is 116 Å². The summed E-state index contributed by atoms with van der Waals surface area (Å²) in [5.41, 5.74) is 6.92. The SMILES string of the molecule is CCn1ccn(CC(N)c2cc3ccccc3o2)c1=O. The first kappa shape index (κ1) is 12.7. The van der Waals surface area contributed by atoms with Gasteiger partial charge in [-0.2, -0.15) is 0 Å². The van der Waals surface area contributed by atoms with Crippen LogP contribution in [0.1, 0.15) is 18.7 Å². The molecule has 1 atom stereocenters. The number of rotatable bonds is 4. The van der Waals surface area contributed by atoms with Crippen LogP contribution in [0.25, 0.3) is 11.0 Å². The summed E-state index contributed by atoms with van der Waals surface area (Å²) < 4.78 is 8.98. The van der Waals surface area contributed by atoms with Crippen molar-refractivity contribution in [2.75, 3.05) is 0 Å². The zero-order chi connectivity index (χ0) is 14.1. The van der Waals surface area contributed by atoms with E-state index in [2.05, 4.69) is 0 Å². The third-order valence-electron chi connectivity index (χ3n) is 3.46. The Morgan fingerprint density at radius 2 is 2.00 bits per heavy atom. The van der Waals surface area contributed by atoms with E-state index in [0.717, 1.165) is 11.0 Å². The van der Waals surface area contributed by atoms with E-state index in [0.29, 0.717) is 18.8 Å². The molecule has 104 valence electrons. The molecule has 0 amide bonds. The summed E-state index contributed by atoms with van der Waals surface area (Å²) in [6, 6.07) is 9.36. The first-order chi connectivity index (χ1) is 9.69. The molecular weight excluding hydrogens is 254 g/mol. The van der Waals surface area contributed by atoms with Crippen molar-refractivity contribution in [3.05, 3.63) is 59.0 Å². The summed E-state index contributed by atoms with van der Waals surface area (Å²) in [6.45, 7) is 3.00. The van der Waals surface area contributed by atoms with Crippen molar-refractivity contribution >= 4 is 11.0 Å². The molecule has 0 aliphatic rings. The van der Waals surface area contributed by atoms with Gasteiger partial charge in [0.15, 0.2) is 0 Å². The standard InChI is InChI=1S/C15H17N3O2/c1-2-17-7-8-18(15(17)19)10-12(16)14-9-11-5-3-4-6-13(11)20-14/h3-9,12H,2,10,16H2,1H3. The number of para-hydroxylation sites is 1. The van der Waals surface area contributed by atoms with Crippen LogP contribution >= 0.6 is 0 Å². The second-order valence-corrected chi connectivity index (χ2v) is 4.81. The lowest BCUT2D eigenvalue weighted by molar-refractivity contribution is 0.448. The fourth-order valence-electron chi connectivity index (χ4n) is 2.32. The average Bonchev–Trinajstić information content (AvgIpc) is 3.03. The lowest BCUT2D eigenvalue weighted by atomic mass is 10.2. The maximum atomic E-state index is 12.0. The van der Waals surface area contributed by atoms with Gasteiger partial charge in [-0.3, -0.25) is 9.13 Å². The molecule has 1 unspecified atom stereocenters. The number of hydrogen-bond acceptors (Lipinski definition) is 3. The van der Waals surface area contributed by atoms with Gasteiger partial charge < -0.3 is 10.2 Å². The molecule has 3 aromatic rings. The lowest BCUT2D eigenvalue weighted by Crippen LogP contribution is -2.28. The van der Waals surface area contributed by atoms with E-state index >= 15 is 0 Å². The molecule has 0 aliphatic heterocycles. The predicted molar refractivity (Wildman–Crippen MR) is 77.5 cm³/mol. The molecule has 0 radical (unpaired) electrons. The predicted octanol–water partition coefficient (Wildman–Crippen LogP) is 2.12. The van der Waals surface area contributed by atoms with Gasteiger partial charge in [0.2, 0.25) is 0 Å². The number of fused-ring (bicyclic) bond motifs is 1. The van der Waals surface area contributed by atoms with Crippen LogP contribution < -0.4 is 11.4 Å². The van der Waals surface area contributed by atoms with Crippen molar-refractivity contribution < 1.29 is 4.42 Å². The van der Waals surface area contributed by atoms with Crippen LogP contribution in [0.15, 0.2) is 51.9 Å². The van der Waals surface area contributed by atoms with E-state index in [4.69, 9.17) is 10.2 Å². The highest BCUT2D eigenvalue weighted by atomic mass is 16.3. The van der Waals surface area contributed by atoms with E-state index in [9.17, 15) is 4.79 Å². The van der Waals surface area contributed by atoms with Gasteiger partial charge in [0, 0.05) is 30.9 Å². The number of benzene rings is 1. The minimum absolute atomic E-state index is 0.0425. The maximum absolute atomic E-state index is 12.0. The van der Waals surface area contributed by atoms with Crippen LogP contribution in [0.2, 0.25) is 0 Å². The van der Waals surface area contributed by atoms with Crippen molar-refractivity contribution in [2.45, 2.75) is 26.1 Å². The number of aryl methyl sites for hydroxylation is 1. The Morgan fingerprint density at radius 3 is 2.70 bits per heavy atom. The van der Waals surface area contributed by atoms with Crippen LogP contribution in [0.4, 0.5) is 0 Å². The quantitative estimate of drug-likeness (QED) is 0.790. The van der Waals surface area contributed by atoms with E-state index in [1.54, 1.807) is 21.5 Å². The van der Waals surface area contributed by atoms with Crippen molar-refractivity contribution in [1.82, 2.24) is 9.13 Å². The summed E-state index contributed by atoms with van der Waals surface area (Å²) in [7, 11) is 0. The van der Waals surface area contributed by atoms with Gasteiger partial charge in [0.1, 0.15) is 11.3 Å². The van der Waals surface area contributed by atoms with Crippen LogP contribution in [0, 0.1) is 0 Å². The smallest absolute Gasteiger partial charge is 0.328 e. The summed E-state index contributed by atoms with van der Waals surface area (Å²) in [4.78, 5) is 12.0. The normalized spacial score (nSPS) is 12.9. The fourth-order valence-corrected chi connectivity index (χ4v) is 2.32. The largest absolute Gasteiger partial charge is 0.459 e. The molecule has 5 nitrogen and oxygen atoms in total. The molecule has 20 heavy (non-hydrogen) atoms. The van der Waals surface area contributed by atoms with Crippen LogP contribution in [0.3, 0.4) is 0 Å². The maximum Gasteiger partial charge on any atom is 0.328 e. The molecule has 5 heteroatoms. The minimum Gasteiger partial charge on any atom is -0.459 e. The summed E-state index contributed by atoms with van der Waals surface area (Å²) in [5, 5.41) is 1.02. The molecule has 2 aromatic heterocycles. The number of hydrogen-bond donors (Lipinski definition) is 1. The lowest BCUT2D eigenvalue weighted by Gasteiger charge is -2.08. The van der Waals surface area contributed by atoms with Crippen molar-refractivity contribution in [2.24, 2.45) is 5.73 Å². The molecule has 2 heterocycles. The van der Waals surface area contributed by atoms with Gasteiger partial charge >= 0.3 is 5.69 Å². The second kappa shape index (κ2) is 5.02. The summed E-state index contributed by atoms with van der Waals surface area (Å²) in [5.74, 6) is 0.697. The molecule has 3 rings (SSSR count). The number of aromatic nitrogens is 2. The van der Waals surface area contributed by atoms with Crippen molar-refractivity contribution in [1.29, 1.82) is 0 Å². The molecule has 0 aliphatic carbocycles. The first-order valence-electron chi connectivity index (χ1n) is 6.68. The van der Waals surface area contributed by atoms with Gasteiger partial charge in [0.25, 0.3) is 0 Å². The van der Waals surface area contributed by atoms with Gasteiger partial charge in [-0.05, 0) is 19.1 Å². The number of imidazole rings is 1. The molecule has 2 N–H and O–H groups in total. The van der Waals surface area contributed by atoms with Crippen LogP contribution in [-0.4, -0.2) is 9.13 Å². The van der Waals surface area contributed by atoms with E-state index in [1.165, 1.54) is 0 Å². The Morgan fingerprint density at radius 1 is 1.25 bits per heavy atom. The Hall–Kier alpha value is -2.27. The van der Waals surface area contributed by atoms with Crippen molar-refractivity contribution in [3.8, 4) is 0 Å². The zero-order valence-electron chi connectivity index (χ0n) is 11.3. The summed E-state index contributed by atoms with van der Waals surface area (Å²) >= 11 is 0. The molecule has 1 aromatic carbocycles. The first-order valence-corrected chi connectivity index (χ1v) is 6.68. The third-order valence-corrected chi connectivity index (χ3v) is 3.46. The van der Waals surface area contributed by atoms with E-state index in [-0.39, 0.29) is 11.7 Å². The highest BCUT2D eigenvalue weighted by molar-refractivity contribution is 5.77. The molecule has 0 bridgehead atoms. The van der Waals surface area contributed by atoms with E-state index in [1.807, 2.05) is 37.3 Å². The molecule has 0 fully saturated rings. The van der Waals surface area contributed by atoms with Crippen molar-refractivity contribution in [3.63, 3.8) is 0 Å². The third kappa shape index (κ3) is 2.16. The topological polar surface area (TPSA) is 66.1 Å². The second-order valence-electron chi connectivity index (χ2n) is 4.81. The molecule has 0 saturated carbocycles. The molecular formula is C15H17N3O2. The van der Waals surface area contributed by atoms with Crippen LogP contribution in [-0.2, 0) is 13.1 Å². The molecule has 0 spiro atoms. The Bertz CT molecular complexity index is 749. The monoisotopic (exact) mass is 271 g/mol. The summed E-state index contributed by atoms with van der Waals surface area (Å²) in [6.07, 6.45) is 3.53. The number of nitrogens with zero attached hydrogens (tertiary/aromatic N) is 2.